The number of benzene rings is 2. The predicted molar refractivity (Wildman–Crippen MR) is 163 cm³/mol. The van der Waals surface area contributed by atoms with Crippen LogP contribution in [0.25, 0.3) is 10.8 Å². The average Bonchev–Trinajstić information content (AvgIpc) is 3.23. The van der Waals surface area contributed by atoms with Crippen molar-refractivity contribution in [2.75, 3.05) is 38.1 Å². The van der Waals surface area contributed by atoms with E-state index in [0.29, 0.717) is 42.2 Å². The lowest BCUT2D eigenvalue weighted by molar-refractivity contribution is 0.0122. The maximum absolute atomic E-state index is 15.2. The molecule has 4 atom stereocenters. The fraction of sp³-hybridized carbons (Fsp3) is 0.531. The molecule has 0 radical (unpaired) electrons. The molecule has 0 saturated carbocycles. The van der Waals surface area contributed by atoms with Crippen molar-refractivity contribution >= 4 is 33.9 Å². The summed E-state index contributed by atoms with van der Waals surface area (Å²) in [5.41, 5.74) is 2.21. The molecule has 3 heterocycles. The molecular formula is C32H39FN4O5S. The van der Waals surface area contributed by atoms with Gasteiger partial charge in [-0.05, 0) is 87.9 Å². The van der Waals surface area contributed by atoms with Crippen molar-refractivity contribution in [2.24, 2.45) is 0 Å². The lowest BCUT2D eigenvalue weighted by atomic mass is 9.80. The van der Waals surface area contributed by atoms with Gasteiger partial charge in [-0.15, -0.1) is 0 Å². The summed E-state index contributed by atoms with van der Waals surface area (Å²) in [6, 6.07) is 8.88. The quantitative estimate of drug-likeness (QED) is 0.209. The molecule has 2 saturated heterocycles. The van der Waals surface area contributed by atoms with Crippen LogP contribution in [0, 0.1) is 5.82 Å². The molecule has 230 valence electrons. The zero-order valence-electron chi connectivity index (χ0n) is 25.4. The number of carbonyl (C=O) groups excluding carboxylic acids is 1. The fourth-order valence-electron chi connectivity index (χ4n) is 6.84. The maximum atomic E-state index is 15.2. The molecule has 9 nitrogen and oxygen atoms in total. The standard InChI is InChI=1S/C32H39FN4O5S/c1-32(2,3)42-31(38)37-21-10-11-22(37)17-36(16-21)29-24-12-9-19(14-27(24)34-30(35-29)43(5)39)25-15-23(41-18-40-4)13-20-7-6-8-26(33)28(20)25/h6-8,13,15,19,21-22H,9-12,14,16-18H2,1-5H3/t19?,21-,22+,43?. The van der Waals surface area contributed by atoms with Gasteiger partial charge in [-0.25, -0.2) is 9.18 Å². The first kappa shape index (κ1) is 29.9. The molecule has 2 fully saturated rings. The van der Waals surface area contributed by atoms with Crippen LogP contribution in [0.4, 0.5) is 15.0 Å². The summed E-state index contributed by atoms with van der Waals surface area (Å²) < 4.78 is 44.6. The minimum Gasteiger partial charge on any atom is -0.609 e. The van der Waals surface area contributed by atoms with Crippen LogP contribution in [0.5, 0.6) is 5.75 Å². The van der Waals surface area contributed by atoms with Gasteiger partial charge in [0.05, 0.1) is 17.8 Å². The number of halogens is 1. The number of aromatic nitrogens is 2. The number of hydrogen-bond donors (Lipinski definition) is 0. The topological polar surface area (TPSA) is 100 Å². The van der Waals surface area contributed by atoms with E-state index in [0.717, 1.165) is 47.3 Å². The van der Waals surface area contributed by atoms with Gasteiger partial charge in [-0.2, -0.15) is 9.97 Å². The second kappa shape index (κ2) is 11.7. The van der Waals surface area contributed by atoms with Crippen molar-refractivity contribution in [3.63, 3.8) is 0 Å². The first-order valence-corrected chi connectivity index (χ1v) is 16.4. The second-order valence-electron chi connectivity index (χ2n) is 12.7. The summed E-state index contributed by atoms with van der Waals surface area (Å²) in [5.74, 6) is 1.15. The Kier molecular flexibility index (Phi) is 8.16. The van der Waals surface area contributed by atoms with Gasteiger partial charge in [0.1, 0.15) is 29.2 Å². The van der Waals surface area contributed by atoms with E-state index < -0.39 is 16.8 Å². The van der Waals surface area contributed by atoms with E-state index in [4.69, 9.17) is 24.2 Å². The number of anilines is 1. The first-order valence-electron chi connectivity index (χ1n) is 14.9. The molecule has 0 N–H and O–H groups in total. The Morgan fingerprint density at radius 3 is 2.56 bits per heavy atom. The first-order chi connectivity index (χ1) is 20.5. The number of carbonyl (C=O) groups is 1. The Bertz CT molecular complexity index is 1520. The van der Waals surface area contributed by atoms with Gasteiger partial charge >= 0.3 is 11.2 Å². The van der Waals surface area contributed by atoms with Crippen molar-refractivity contribution in [2.45, 2.75) is 81.6 Å². The third kappa shape index (κ3) is 5.99. The van der Waals surface area contributed by atoms with Crippen molar-refractivity contribution in [3.8, 4) is 5.75 Å². The molecule has 6 rings (SSSR count). The van der Waals surface area contributed by atoms with E-state index in [9.17, 15) is 9.35 Å². The Morgan fingerprint density at radius 1 is 1.14 bits per heavy atom. The van der Waals surface area contributed by atoms with Gasteiger partial charge < -0.3 is 23.7 Å². The van der Waals surface area contributed by atoms with Gasteiger partial charge in [0.15, 0.2) is 6.79 Å². The van der Waals surface area contributed by atoms with Gasteiger partial charge in [-0.3, -0.25) is 4.90 Å². The SMILES string of the molecule is COCOc1cc(C2CCc3c(nc([S+](C)[O-])nc3N3C[C@H]4CC[C@@H](C3)N4C(=O)OC(C)(C)C)C2)c2c(F)cccc2c1. The van der Waals surface area contributed by atoms with Gasteiger partial charge in [0, 0.05) is 42.3 Å². The number of rotatable bonds is 6. The van der Waals surface area contributed by atoms with Crippen molar-refractivity contribution in [1.82, 2.24) is 14.9 Å². The minimum atomic E-state index is -1.39. The molecule has 2 bridgehead atoms. The normalized spacial score (nSPS) is 22.4. The zero-order valence-corrected chi connectivity index (χ0v) is 26.2. The van der Waals surface area contributed by atoms with Crippen LogP contribution >= 0.6 is 0 Å². The van der Waals surface area contributed by atoms with E-state index in [-0.39, 0.29) is 36.7 Å². The molecule has 1 amide bonds. The van der Waals surface area contributed by atoms with Gasteiger partial charge in [0.2, 0.25) is 0 Å². The van der Waals surface area contributed by atoms with Gasteiger partial charge in [-0.1, -0.05) is 12.1 Å². The van der Waals surface area contributed by atoms with Crippen LogP contribution in [0.3, 0.4) is 0 Å². The number of hydrogen-bond acceptors (Lipinski definition) is 8. The molecule has 2 unspecified atom stereocenters. The van der Waals surface area contributed by atoms with E-state index in [1.54, 1.807) is 19.4 Å². The van der Waals surface area contributed by atoms with Crippen LogP contribution in [0.15, 0.2) is 35.5 Å². The van der Waals surface area contributed by atoms with Crippen molar-refractivity contribution in [1.29, 1.82) is 0 Å². The highest BCUT2D eigenvalue weighted by Gasteiger charge is 2.45. The summed E-state index contributed by atoms with van der Waals surface area (Å²) in [6.07, 6.45) is 5.18. The number of piperazine rings is 1. The molecule has 11 heteroatoms. The fourth-order valence-corrected chi connectivity index (χ4v) is 7.29. The van der Waals surface area contributed by atoms with E-state index >= 15 is 4.39 Å². The highest BCUT2D eigenvalue weighted by Crippen LogP contribution is 2.42. The van der Waals surface area contributed by atoms with Crippen LogP contribution in [-0.4, -0.2) is 76.4 Å². The average molecular weight is 611 g/mol. The molecular weight excluding hydrogens is 571 g/mol. The summed E-state index contributed by atoms with van der Waals surface area (Å²) in [4.78, 5) is 26.8. The molecule has 0 spiro atoms. The summed E-state index contributed by atoms with van der Waals surface area (Å²) in [5, 5.41) is 1.65. The second-order valence-corrected chi connectivity index (χ2v) is 14.0. The summed E-state index contributed by atoms with van der Waals surface area (Å²) in [7, 11) is 1.56. The van der Waals surface area contributed by atoms with Crippen LogP contribution in [0.2, 0.25) is 0 Å². The molecule has 3 aliphatic rings. The zero-order chi connectivity index (χ0) is 30.5. The summed E-state index contributed by atoms with van der Waals surface area (Å²) in [6.45, 7) is 7.02. The molecule has 2 aromatic carbocycles. The smallest absolute Gasteiger partial charge is 0.410 e. The lowest BCUT2D eigenvalue weighted by Crippen LogP contribution is -2.57. The number of ether oxygens (including phenoxy) is 3. The molecule has 3 aromatic rings. The Morgan fingerprint density at radius 2 is 1.88 bits per heavy atom. The van der Waals surface area contributed by atoms with Gasteiger partial charge in [0.25, 0.3) is 0 Å². The number of nitrogens with zero attached hydrogens (tertiary/aromatic N) is 4. The molecule has 43 heavy (non-hydrogen) atoms. The largest absolute Gasteiger partial charge is 0.609 e. The van der Waals surface area contributed by atoms with E-state index in [1.807, 2.05) is 43.9 Å². The maximum Gasteiger partial charge on any atom is 0.410 e. The lowest BCUT2D eigenvalue weighted by Gasteiger charge is -2.42. The predicted octanol–water partition coefficient (Wildman–Crippen LogP) is 5.35. The van der Waals surface area contributed by atoms with Crippen LogP contribution < -0.4 is 9.64 Å². The Labute approximate surface area is 254 Å². The van der Waals surface area contributed by atoms with E-state index in [2.05, 4.69) is 4.90 Å². The number of amides is 1. The van der Waals surface area contributed by atoms with Crippen molar-refractivity contribution in [3.05, 3.63) is 53.0 Å². The van der Waals surface area contributed by atoms with Crippen LogP contribution in [-0.2, 0) is 33.5 Å². The van der Waals surface area contributed by atoms with E-state index in [1.165, 1.54) is 6.07 Å². The highest BCUT2D eigenvalue weighted by atomic mass is 32.2. The summed E-state index contributed by atoms with van der Waals surface area (Å²) >= 11 is -1.39. The minimum absolute atomic E-state index is 0.0147. The molecule has 1 aliphatic carbocycles. The Balaban J connectivity index is 1.33. The molecule has 1 aromatic heterocycles. The number of fused-ring (bicyclic) bond motifs is 4. The third-order valence-electron chi connectivity index (χ3n) is 8.59. The number of methoxy groups -OCH3 is 1. The Hall–Kier alpha value is -3.15. The van der Waals surface area contributed by atoms with Crippen LogP contribution in [0.1, 0.15) is 62.8 Å². The molecule has 2 aliphatic heterocycles. The highest BCUT2D eigenvalue weighted by molar-refractivity contribution is 7.90. The van der Waals surface area contributed by atoms with Crippen molar-refractivity contribution < 1.29 is 27.9 Å². The third-order valence-corrected chi connectivity index (χ3v) is 9.29. The monoisotopic (exact) mass is 610 g/mol.